The molecule has 10 nitrogen and oxygen atoms in total. The van der Waals surface area contributed by atoms with Crippen LogP contribution < -0.4 is 0 Å². The molecule has 12 atom stereocenters. The van der Waals surface area contributed by atoms with Crippen LogP contribution in [0.4, 0.5) is 0 Å². The van der Waals surface area contributed by atoms with Gasteiger partial charge in [0.05, 0.1) is 36.2 Å². The Kier molecular flexibility index (Phi) is 16.9. The van der Waals surface area contributed by atoms with Crippen molar-refractivity contribution in [1.82, 2.24) is 0 Å². The van der Waals surface area contributed by atoms with E-state index in [4.69, 9.17) is 18.9 Å². The third-order valence-corrected chi connectivity index (χ3v) is 18.1. The van der Waals surface area contributed by atoms with E-state index in [0.717, 1.165) is 38.5 Å². The van der Waals surface area contributed by atoms with E-state index in [-0.39, 0.29) is 136 Å². The van der Waals surface area contributed by atoms with Gasteiger partial charge in [0.2, 0.25) is 0 Å². The van der Waals surface area contributed by atoms with Gasteiger partial charge >= 0.3 is 29.8 Å². The second-order valence-electron chi connectivity index (χ2n) is 21.2. The van der Waals surface area contributed by atoms with Crippen LogP contribution in [-0.2, 0) is 47.7 Å². The highest BCUT2D eigenvalue weighted by Crippen LogP contribution is 2.65. The van der Waals surface area contributed by atoms with Crippen LogP contribution in [0.1, 0.15) is 177 Å². The van der Waals surface area contributed by atoms with Gasteiger partial charge in [0.1, 0.15) is 17.0 Å². The molecule has 0 N–H and O–H groups in total. The van der Waals surface area contributed by atoms with E-state index >= 15 is 4.79 Å². The van der Waals surface area contributed by atoms with Crippen LogP contribution >= 0.6 is 0 Å². The summed E-state index contributed by atoms with van der Waals surface area (Å²) in [4.78, 5) is 81.9. The Labute approximate surface area is 377 Å². The lowest BCUT2D eigenvalue weighted by molar-refractivity contribution is -0.205. The van der Waals surface area contributed by atoms with Gasteiger partial charge in [-0.25, -0.2) is 0 Å². The average Bonchev–Trinajstić information content (AvgIpc) is 3.81. The molecule has 12 unspecified atom stereocenters. The number of ether oxygens (including phenoxy) is 4. The van der Waals surface area contributed by atoms with Gasteiger partial charge in [-0.15, -0.1) is 0 Å². The Hall–Kier alpha value is -2.78. The number of rotatable bonds is 10. The number of hydrogen-bond donors (Lipinski definition) is 0. The molecule has 0 aromatic heterocycles. The van der Waals surface area contributed by atoms with E-state index in [1.54, 1.807) is 6.92 Å². The maximum atomic E-state index is 15.0. The number of Topliss-reactive ketones (excluding diaryl/α,β-unsaturated/α-hetero) is 1. The molecule has 0 spiro atoms. The van der Waals surface area contributed by atoms with E-state index in [1.807, 2.05) is 0 Å². The molecule has 358 valence electrons. The molecule has 12 rings (SSSR count). The Morgan fingerprint density at radius 2 is 1.23 bits per heavy atom. The maximum absolute atomic E-state index is 15.0. The van der Waals surface area contributed by atoms with Crippen LogP contribution in [0.25, 0.3) is 0 Å². The van der Waals surface area contributed by atoms with E-state index in [9.17, 15) is 24.0 Å². The monoisotopic (exact) mass is 875 g/mol. The molecule has 0 aromatic rings. The highest BCUT2D eigenvalue weighted by Gasteiger charge is 2.64. The molecule has 10 aliphatic carbocycles. The summed E-state index contributed by atoms with van der Waals surface area (Å²) in [7, 11) is 0. The van der Waals surface area contributed by atoms with Crippen molar-refractivity contribution in [3.63, 3.8) is 0 Å². The molecule has 10 saturated carbocycles. The molecular weight excluding hydrogens is 785 g/mol. The Morgan fingerprint density at radius 3 is 1.76 bits per heavy atom. The third-order valence-electron chi connectivity index (χ3n) is 18.1. The van der Waals surface area contributed by atoms with E-state index in [0.29, 0.717) is 56.0 Å². The summed E-state index contributed by atoms with van der Waals surface area (Å²) in [5.41, 5.74) is -1.57. The van der Waals surface area contributed by atoms with Gasteiger partial charge in [-0.2, -0.15) is 0 Å². The number of hydrogen-bond acceptors (Lipinski definition) is 10. The molecule has 0 amide bonds. The molecule has 2 heterocycles. The summed E-state index contributed by atoms with van der Waals surface area (Å²) in [5.74, 6) is -2.98. The Bertz CT molecular complexity index is 1630. The van der Waals surface area contributed by atoms with Crippen LogP contribution in [0, 0.1) is 100 Å². The van der Waals surface area contributed by atoms with Crippen LogP contribution in [0.2, 0.25) is 0 Å². The first-order valence-electron chi connectivity index (χ1n) is 21.5. The number of carbonyl (C=O) groups is 6. The van der Waals surface area contributed by atoms with Crippen molar-refractivity contribution in [2.45, 2.75) is 188 Å². The molecule has 12 aliphatic rings. The second-order valence-corrected chi connectivity index (χ2v) is 21.2. The van der Waals surface area contributed by atoms with E-state index in [1.165, 1.54) is 19.3 Å². The highest BCUT2D eigenvalue weighted by atomic mass is 16.6. The van der Waals surface area contributed by atoms with Crippen LogP contribution in [-0.4, -0.2) is 53.4 Å². The number of fused-ring (bicyclic) bond motifs is 5. The van der Waals surface area contributed by atoms with Gasteiger partial charge in [0, 0.05) is 23.2 Å². The van der Waals surface area contributed by atoms with E-state index < -0.39 is 52.8 Å². The van der Waals surface area contributed by atoms with Crippen molar-refractivity contribution in [3.05, 3.63) is 0 Å². The normalized spacial score (nSPS) is 42.6. The fourth-order valence-electron chi connectivity index (χ4n) is 16.0. The Balaban J connectivity index is 0.00000165. The molecule has 10 heteroatoms. The van der Waals surface area contributed by atoms with Crippen molar-refractivity contribution in [1.29, 1.82) is 0 Å². The first-order chi connectivity index (χ1) is 25.6. The standard InChI is InChI=1S/C44H58O10.8CH4/c1-20-29(31-12-30(20)35-33(31)19-51-40(35)49)10-26(38(47)53-42(3,4)43-13-22-5-23(14-43)7-24(6-22)15-43)11-32(34-21(2)37(46)52-41(34)50)39(48)54-44-16-25-8-27(17-44)36(45)28(9-25)18-44;;;;;;;;/h20-35H,5-19H2,1-4H3;8*1H4. The van der Waals surface area contributed by atoms with Crippen molar-refractivity contribution < 1.29 is 47.7 Å². The summed E-state index contributed by atoms with van der Waals surface area (Å²) < 4.78 is 24.0. The van der Waals surface area contributed by atoms with Gasteiger partial charge in [-0.1, -0.05) is 73.3 Å². The molecule has 0 radical (unpaired) electrons. The lowest BCUT2D eigenvalue weighted by Crippen LogP contribution is -2.58. The molecule has 12 fully saturated rings. The fraction of sp³-hybridized carbons (Fsp3) is 0.885. The number of ketones is 1. The topological polar surface area (TPSA) is 139 Å². The molecular formula is C52H90O10. The van der Waals surface area contributed by atoms with Gasteiger partial charge in [0.25, 0.3) is 0 Å². The SMILES string of the molecule is C.C.C.C.C.C.C.C.CC1C(=O)OC(=O)C1C(CC(CC1C(C)C2CC1C1COC(=O)C21)C(=O)OC(C)(C)C12CC3CC(CC(C3)C1)C2)C(=O)OC12CC3CC(C1)C(=O)C(C3)C2. The van der Waals surface area contributed by atoms with Crippen LogP contribution in [0.15, 0.2) is 0 Å². The fourth-order valence-corrected chi connectivity index (χ4v) is 16.0. The molecule has 62 heavy (non-hydrogen) atoms. The molecule has 10 bridgehead atoms. The zero-order valence-electron chi connectivity index (χ0n) is 32.4. The van der Waals surface area contributed by atoms with Crippen molar-refractivity contribution in [3.8, 4) is 0 Å². The van der Waals surface area contributed by atoms with Gasteiger partial charge < -0.3 is 18.9 Å². The average molecular weight is 875 g/mol. The quantitative estimate of drug-likeness (QED) is 0.118. The summed E-state index contributed by atoms with van der Waals surface area (Å²) in [6.45, 7) is 8.42. The molecule has 2 saturated heterocycles. The van der Waals surface area contributed by atoms with Gasteiger partial charge in [-0.3, -0.25) is 28.8 Å². The van der Waals surface area contributed by atoms with Crippen molar-refractivity contribution in [2.75, 3.05) is 6.61 Å². The lowest BCUT2D eigenvalue weighted by atomic mass is 9.46. The minimum Gasteiger partial charge on any atom is -0.465 e. The summed E-state index contributed by atoms with van der Waals surface area (Å²) in [6.07, 6.45) is 11.8. The number of cyclic esters (lactones) is 3. The smallest absolute Gasteiger partial charge is 0.318 e. The second kappa shape index (κ2) is 19.0. The van der Waals surface area contributed by atoms with Crippen LogP contribution in [0.5, 0.6) is 0 Å². The Morgan fingerprint density at radius 1 is 0.677 bits per heavy atom. The van der Waals surface area contributed by atoms with Crippen LogP contribution in [0.3, 0.4) is 0 Å². The predicted octanol–water partition coefficient (Wildman–Crippen LogP) is 11.3. The largest absolute Gasteiger partial charge is 0.465 e. The molecule has 0 aromatic carbocycles. The zero-order valence-corrected chi connectivity index (χ0v) is 32.4. The van der Waals surface area contributed by atoms with Gasteiger partial charge in [-0.05, 0) is 151 Å². The third kappa shape index (κ3) is 8.34. The maximum Gasteiger partial charge on any atom is 0.318 e. The van der Waals surface area contributed by atoms with Gasteiger partial charge in [0.15, 0.2) is 0 Å². The minimum absolute atomic E-state index is 0. The highest BCUT2D eigenvalue weighted by molar-refractivity contribution is 5.98. The van der Waals surface area contributed by atoms with Crippen molar-refractivity contribution >= 4 is 35.6 Å². The summed E-state index contributed by atoms with van der Waals surface area (Å²) in [6, 6.07) is 0. The minimum atomic E-state index is -1.08. The number of esters is 5. The zero-order chi connectivity index (χ0) is 37.6. The van der Waals surface area contributed by atoms with E-state index in [2.05, 4.69) is 20.8 Å². The first kappa shape index (κ1) is 55.4. The number of carbonyl (C=O) groups excluding carboxylic acids is 6. The first-order valence-corrected chi connectivity index (χ1v) is 21.5. The predicted molar refractivity (Wildman–Crippen MR) is 244 cm³/mol. The van der Waals surface area contributed by atoms with Crippen molar-refractivity contribution in [2.24, 2.45) is 100 Å². The summed E-state index contributed by atoms with van der Waals surface area (Å²) >= 11 is 0. The molecule has 2 aliphatic heterocycles. The lowest BCUT2D eigenvalue weighted by Gasteiger charge is -2.61. The summed E-state index contributed by atoms with van der Waals surface area (Å²) in [5, 5.41) is 0.